The minimum atomic E-state index is -0.114. The van der Waals surface area contributed by atoms with Crippen molar-refractivity contribution < 1.29 is 9.53 Å². The monoisotopic (exact) mass is 330 g/mol. The third kappa shape index (κ3) is 5.03. The van der Waals surface area contributed by atoms with Crippen LogP contribution in [0.25, 0.3) is 0 Å². The van der Waals surface area contributed by atoms with E-state index in [9.17, 15) is 4.79 Å². The molecule has 1 aliphatic carbocycles. The molecule has 1 aliphatic heterocycles. The van der Waals surface area contributed by atoms with E-state index in [0.717, 1.165) is 25.9 Å². The number of nitrogens with zero attached hydrogens (tertiary/aromatic N) is 2. The van der Waals surface area contributed by atoms with Crippen LogP contribution in [0, 0.1) is 0 Å². The molecular formula is C18H26N4O2. The van der Waals surface area contributed by atoms with Gasteiger partial charge in [-0.15, -0.1) is 0 Å². The lowest BCUT2D eigenvalue weighted by atomic mass is 9.97. The van der Waals surface area contributed by atoms with Crippen LogP contribution in [-0.2, 0) is 4.74 Å². The van der Waals surface area contributed by atoms with Gasteiger partial charge in [0.15, 0.2) is 0 Å². The molecule has 1 unspecified atom stereocenters. The van der Waals surface area contributed by atoms with Crippen molar-refractivity contribution in [2.24, 2.45) is 0 Å². The summed E-state index contributed by atoms with van der Waals surface area (Å²) in [7, 11) is 0. The number of aromatic nitrogens is 2. The van der Waals surface area contributed by atoms with Gasteiger partial charge in [-0.2, -0.15) is 0 Å². The van der Waals surface area contributed by atoms with Crippen LogP contribution in [0.1, 0.15) is 55.3 Å². The number of hydrogen-bond acceptors (Lipinski definition) is 5. The first-order valence-electron chi connectivity index (χ1n) is 8.95. The Labute approximate surface area is 143 Å². The van der Waals surface area contributed by atoms with Crippen LogP contribution in [0.15, 0.2) is 24.0 Å². The number of hydrogen-bond donors (Lipinski definition) is 2. The molecule has 0 spiro atoms. The second-order valence-corrected chi connectivity index (χ2v) is 6.43. The van der Waals surface area contributed by atoms with Crippen molar-refractivity contribution in [2.75, 3.05) is 25.0 Å². The first-order valence-corrected chi connectivity index (χ1v) is 8.95. The molecule has 0 bridgehead atoms. The Balaban J connectivity index is 1.40. The van der Waals surface area contributed by atoms with Crippen molar-refractivity contribution in [1.29, 1.82) is 0 Å². The normalized spacial score (nSPS) is 20.5. The van der Waals surface area contributed by atoms with Crippen molar-refractivity contribution in [3.05, 3.63) is 29.6 Å². The van der Waals surface area contributed by atoms with Gasteiger partial charge < -0.3 is 15.4 Å². The highest BCUT2D eigenvalue weighted by Gasteiger charge is 2.15. The van der Waals surface area contributed by atoms with Gasteiger partial charge in [0.2, 0.25) is 5.95 Å². The van der Waals surface area contributed by atoms with E-state index in [0.29, 0.717) is 24.6 Å². The van der Waals surface area contributed by atoms with Gasteiger partial charge in [-0.25, -0.2) is 9.97 Å². The highest BCUT2D eigenvalue weighted by molar-refractivity contribution is 5.93. The van der Waals surface area contributed by atoms with Crippen molar-refractivity contribution in [1.82, 2.24) is 15.3 Å². The van der Waals surface area contributed by atoms with Gasteiger partial charge in [0.05, 0.1) is 11.7 Å². The van der Waals surface area contributed by atoms with Gasteiger partial charge in [-0.05, 0) is 44.9 Å². The standard InChI is InChI=1S/C18H26N4O2/c23-17(19-9-8-14-5-2-1-3-6-14)15-11-20-18(21-12-15)22-13-16-7-4-10-24-16/h5,11-12,16H,1-4,6-10,13H2,(H,19,23)(H,20,21,22). The highest BCUT2D eigenvalue weighted by Crippen LogP contribution is 2.19. The van der Waals surface area contributed by atoms with Gasteiger partial charge in [0, 0.05) is 32.1 Å². The van der Waals surface area contributed by atoms with E-state index in [1.807, 2.05) is 0 Å². The van der Waals surface area contributed by atoms with Crippen LogP contribution in [0.3, 0.4) is 0 Å². The van der Waals surface area contributed by atoms with Crippen LogP contribution in [0.4, 0.5) is 5.95 Å². The molecule has 1 aromatic rings. The zero-order valence-corrected chi connectivity index (χ0v) is 14.1. The quantitative estimate of drug-likeness (QED) is 0.752. The third-order valence-corrected chi connectivity index (χ3v) is 4.54. The molecule has 0 aromatic carbocycles. The molecule has 3 rings (SSSR count). The SMILES string of the molecule is O=C(NCCC1=CCCCC1)c1cnc(NCC2CCCO2)nc1. The Bertz CT molecular complexity index is 565. The number of amides is 1. The fraction of sp³-hybridized carbons (Fsp3) is 0.611. The van der Waals surface area contributed by atoms with Crippen LogP contribution >= 0.6 is 0 Å². The number of ether oxygens (including phenoxy) is 1. The van der Waals surface area contributed by atoms with E-state index in [-0.39, 0.29) is 12.0 Å². The number of anilines is 1. The first-order chi connectivity index (χ1) is 11.8. The van der Waals surface area contributed by atoms with Gasteiger partial charge in [-0.3, -0.25) is 4.79 Å². The fourth-order valence-corrected chi connectivity index (χ4v) is 3.12. The van der Waals surface area contributed by atoms with E-state index in [2.05, 4.69) is 26.7 Å². The fourth-order valence-electron chi connectivity index (χ4n) is 3.12. The summed E-state index contributed by atoms with van der Waals surface area (Å²) >= 11 is 0. The molecule has 2 aliphatic rings. The largest absolute Gasteiger partial charge is 0.376 e. The molecule has 1 saturated heterocycles. The molecule has 2 heterocycles. The molecular weight excluding hydrogens is 304 g/mol. The number of nitrogens with one attached hydrogen (secondary N) is 2. The smallest absolute Gasteiger partial charge is 0.254 e. The Morgan fingerprint density at radius 2 is 2.12 bits per heavy atom. The van der Waals surface area contributed by atoms with Gasteiger partial charge in [-0.1, -0.05) is 11.6 Å². The topological polar surface area (TPSA) is 76.1 Å². The van der Waals surface area contributed by atoms with Gasteiger partial charge in [0.25, 0.3) is 5.91 Å². The van der Waals surface area contributed by atoms with Gasteiger partial charge in [0.1, 0.15) is 0 Å². The molecule has 1 aromatic heterocycles. The van der Waals surface area contributed by atoms with Crippen molar-refractivity contribution in [3.8, 4) is 0 Å². The van der Waals surface area contributed by atoms with E-state index < -0.39 is 0 Å². The second-order valence-electron chi connectivity index (χ2n) is 6.43. The second kappa shape index (κ2) is 8.78. The van der Waals surface area contributed by atoms with E-state index in [1.54, 1.807) is 12.4 Å². The van der Waals surface area contributed by atoms with Crippen molar-refractivity contribution >= 4 is 11.9 Å². The molecule has 24 heavy (non-hydrogen) atoms. The maximum absolute atomic E-state index is 12.1. The molecule has 1 atom stereocenters. The van der Waals surface area contributed by atoms with E-state index >= 15 is 0 Å². The summed E-state index contributed by atoms with van der Waals surface area (Å²) in [5.74, 6) is 0.423. The van der Waals surface area contributed by atoms with E-state index in [4.69, 9.17) is 4.74 Å². The minimum absolute atomic E-state index is 0.114. The summed E-state index contributed by atoms with van der Waals surface area (Å²) in [6.07, 6.45) is 13.7. The van der Waals surface area contributed by atoms with Crippen LogP contribution in [0.2, 0.25) is 0 Å². The van der Waals surface area contributed by atoms with Crippen LogP contribution in [-0.4, -0.2) is 41.7 Å². The average molecular weight is 330 g/mol. The lowest BCUT2D eigenvalue weighted by molar-refractivity contribution is 0.0953. The number of carbonyl (C=O) groups is 1. The summed E-state index contributed by atoms with van der Waals surface area (Å²) in [6.45, 7) is 2.22. The predicted octanol–water partition coefficient (Wildman–Crippen LogP) is 2.69. The van der Waals surface area contributed by atoms with Crippen molar-refractivity contribution in [2.45, 2.75) is 51.0 Å². The van der Waals surface area contributed by atoms with E-state index in [1.165, 1.54) is 31.3 Å². The molecule has 0 saturated carbocycles. The molecule has 1 fully saturated rings. The Morgan fingerprint density at radius 1 is 1.25 bits per heavy atom. The molecule has 130 valence electrons. The summed E-state index contributed by atoms with van der Waals surface area (Å²) in [4.78, 5) is 20.5. The van der Waals surface area contributed by atoms with Crippen LogP contribution in [0.5, 0.6) is 0 Å². The summed E-state index contributed by atoms with van der Waals surface area (Å²) in [5, 5.41) is 6.09. The number of allylic oxidation sites excluding steroid dienone is 1. The van der Waals surface area contributed by atoms with Crippen molar-refractivity contribution in [3.63, 3.8) is 0 Å². The Morgan fingerprint density at radius 3 is 2.83 bits per heavy atom. The molecule has 2 N–H and O–H groups in total. The lowest BCUT2D eigenvalue weighted by Crippen LogP contribution is -2.25. The van der Waals surface area contributed by atoms with Gasteiger partial charge >= 0.3 is 0 Å². The molecule has 6 nitrogen and oxygen atoms in total. The number of rotatable bonds is 7. The molecule has 1 amide bonds. The first kappa shape index (κ1) is 16.9. The minimum Gasteiger partial charge on any atom is -0.376 e. The maximum atomic E-state index is 12.1. The maximum Gasteiger partial charge on any atom is 0.254 e. The highest BCUT2D eigenvalue weighted by atomic mass is 16.5. The zero-order chi connectivity index (χ0) is 16.6. The number of carbonyl (C=O) groups excluding carboxylic acids is 1. The summed E-state index contributed by atoms with van der Waals surface area (Å²) in [5.41, 5.74) is 1.96. The zero-order valence-electron chi connectivity index (χ0n) is 14.1. The summed E-state index contributed by atoms with van der Waals surface area (Å²) in [6, 6.07) is 0. The summed E-state index contributed by atoms with van der Waals surface area (Å²) < 4.78 is 5.54. The lowest BCUT2D eigenvalue weighted by Gasteiger charge is -2.13. The Hall–Kier alpha value is -1.95. The third-order valence-electron chi connectivity index (χ3n) is 4.54. The average Bonchev–Trinajstić information content (AvgIpc) is 3.15. The van der Waals surface area contributed by atoms with Crippen LogP contribution < -0.4 is 10.6 Å². The molecule has 6 heteroatoms. The molecule has 0 radical (unpaired) electrons. The predicted molar refractivity (Wildman–Crippen MR) is 93.0 cm³/mol. The Kier molecular flexibility index (Phi) is 6.18.